The molecule has 0 saturated carbocycles. The molecule has 0 bridgehead atoms. The number of rotatable bonds is 5. The van der Waals surface area contributed by atoms with Crippen LogP contribution in [-0.2, 0) is 11.2 Å². The number of carbonyl (C=O) groups excluding carboxylic acids is 1. The maximum Gasteiger partial charge on any atom is 0.241 e. The van der Waals surface area contributed by atoms with Gasteiger partial charge in [-0.3, -0.25) is 4.79 Å². The Morgan fingerprint density at radius 1 is 1.50 bits per heavy atom. The lowest BCUT2D eigenvalue weighted by molar-refractivity contribution is -0.118. The molecule has 1 amide bonds. The number of hydrogen-bond acceptors (Lipinski definition) is 3. The van der Waals surface area contributed by atoms with Gasteiger partial charge >= 0.3 is 0 Å². The Morgan fingerprint density at radius 3 is 3.00 bits per heavy atom. The van der Waals surface area contributed by atoms with Crippen molar-refractivity contribution in [3.05, 3.63) is 23.8 Å². The van der Waals surface area contributed by atoms with Crippen molar-refractivity contribution in [1.29, 1.82) is 0 Å². The van der Waals surface area contributed by atoms with Crippen molar-refractivity contribution in [1.82, 2.24) is 5.32 Å². The monoisotopic (exact) mass is 276 g/mol. The van der Waals surface area contributed by atoms with Gasteiger partial charge in [0.1, 0.15) is 5.75 Å². The first-order valence-corrected chi connectivity index (χ1v) is 7.37. The summed E-state index contributed by atoms with van der Waals surface area (Å²) in [5, 5.41) is 3.27. The van der Waals surface area contributed by atoms with Crippen LogP contribution < -0.4 is 15.0 Å². The molecule has 0 spiro atoms. The number of aryl methyl sites for hydroxylation is 1. The fourth-order valence-corrected chi connectivity index (χ4v) is 2.53. The Kier molecular flexibility index (Phi) is 5.01. The van der Waals surface area contributed by atoms with Gasteiger partial charge in [0.05, 0.1) is 19.3 Å². The third-order valence-corrected chi connectivity index (χ3v) is 3.92. The summed E-state index contributed by atoms with van der Waals surface area (Å²) in [6.45, 7) is 5.36. The topological polar surface area (TPSA) is 41.6 Å². The molecule has 1 aromatic carbocycles. The summed E-state index contributed by atoms with van der Waals surface area (Å²) in [5.41, 5.74) is 2.16. The number of nitrogens with zero attached hydrogens (tertiary/aromatic N) is 1. The van der Waals surface area contributed by atoms with E-state index in [-0.39, 0.29) is 5.91 Å². The Labute approximate surface area is 121 Å². The first-order valence-electron chi connectivity index (χ1n) is 7.37. The summed E-state index contributed by atoms with van der Waals surface area (Å²) in [6.07, 6.45) is 3.04. The number of benzene rings is 1. The van der Waals surface area contributed by atoms with E-state index >= 15 is 0 Å². The maximum absolute atomic E-state index is 12.5. The van der Waals surface area contributed by atoms with Gasteiger partial charge in [-0.15, -0.1) is 0 Å². The average Bonchev–Trinajstić information content (AvgIpc) is 2.50. The highest BCUT2D eigenvalue weighted by Gasteiger charge is 2.25. The van der Waals surface area contributed by atoms with Crippen molar-refractivity contribution < 1.29 is 9.53 Å². The Balaban J connectivity index is 2.17. The molecule has 1 atom stereocenters. The van der Waals surface area contributed by atoms with Crippen molar-refractivity contribution in [3.8, 4) is 5.75 Å². The molecule has 4 heteroatoms. The highest BCUT2D eigenvalue weighted by molar-refractivity contribution is 5.97. The summed E-state index contributed by atoms with van der Waals surface area (Å²) in [7, 11) is 1.66. The minimum Gasteiger partial charge on any atom is -0.495 e. The van der Waals surface area contributed by atoms with Crippen molar-refractivity contribution >= 4 is 11.6 Å². The van der Waals surface area contributed by atoms with Gasteiger partial charge in [-0.1, -0.05) is 19.1 Å². The molecule has 1 aliphatic heterocycles. The average molecular weight is 276 g/mol. The lowest BCUT2D eigenvalue weighted by Crippen LogP contribution is -2.43. The highest BCUT2D eigenvalue weighted by Crippen LogP contribution is 2.36. The standard InChI is InChI=1S/C16H24N2O2/c1-4-12(2)17-11-15(19)18-10-6-8-13-7-5-9-14(20-3)16(13)18/h5,7,9,12,17H,4,6,8,10-11H2,1-3H3. The molecule has 1 N–H and O–H groups in total. The van der Waals surface area contributed by atoms with Crippen LogP contribution in [0.25, 0.3) is 0 Å². The minimum absolute atomic E-state index is 0.121. The van der Waals surface area contributed by atoms with Gasteiger partial charge in [-0.05, 0) is 37.8 Å². The molecule has 4 nitrogen and oxygen atoms in total. The fraction of sp³-hybridized carbons (Fsp3) is 0.562. The van der Waals surface area contributed by atoms with Crippen LogP contribution in [0, 0.1) is 0 Å². The minimum atomic E-state index is 0.121. The number of anilines is 1. The predicted molar refractivity (Wildman–Crippen MR) is 81.4 cm³/mol. The number of carbonyl (C=O) groups is 1. The highest BCUT2D eigenvalue weighted by atomic mass is 16.5. The van der Waals surface area contributed by atoms with E-state index in [0.717, 1.165) is 37.2 Å². The lowest BCUT2D eigenvalue weighted by Gasteiger charge is -2.31. The van der Waals surface area contributed by atoms with Gasteiger partial charge in [0.2, 0.25) is 5.91 Å². The molecular weight excluding hydrogens is 252 g/mol. The third kappa shape index (κ3) is 3.12. The molecule has 1 aromatic rings. The second-order valence-corrected chi connectivity index (χ2v) is 5.31. The van der Waals surface area contributed by atoms with Gasteiger partial charge in [-0.2, -0.15) is 0 Å². The van der Waals surface area contributed by atoms with Gasteiger partial charge in [0.15, 0.2) is 0 Å². The molecule has 0 fully saturated rings. The van der Waals surface area contributed by atoms with Crippen LogP contribution in [0.5, 0.6) is 5.75 Å². The molecule has 1 unspecified atom stereocenters. The van der Waals surface area contributed by atoms with E-state index in [9.17, 15) is 4.79 Å². The summed E-state index contributed by atoms with van der Waals surface area (Å²) in [4.78, 5) is 14.3. The molecule has 1 aliphatic rings. The number of para-hydroxylation sites is 1. The van der Waals surface area contributed by atoms with E-state index in [4.69, 9.17) is 4.74 Å². The van der Waals surface area contributed by atoms with Crippen LogP contribution in [-0.4, -0.2) is 32.1 Å². The second kappa shape index (κ2) is 6.75. The van der Waals surface area contributed by atoms with Crippen molar-refractivity contribution in [2.24, 2.45) is 0 Å². The maximum atomic E-state index is 12.5. The zero-order valence-corrected chi connectivity index (χ0v) is 12.6. The van der Waals surface area contributed by atoms with Crippen LogP contribution in [0.3, 0.4) is 0 Å². The van der Waals surface area contributed by atoms with E-state index in [1.165, 1.54) is 5.56 Å². The Morgan fingerprint density at radius 2 is 2.30 bits per heavy atom. The van der Waals surface area contributed by atoms with Crippen LogP contribution in [0.4, 0.5) is 5.69 Å². The lowest BCUT2D eigenvalue weighted by atomic mass is 10.0. The molecule has 0 aromatic heterocycles. The van der Waals surface area contributed by atoms with E-state index < -0.39 is 0 Å². The van der Waals surface area contributed by atoms with E-state index in [2.05, 4.69) is 25.2 Å². The Hall–Kier alpha value is -1.55. The smallest absolute Gasteiger partial charge is 0.241 e. The normalized spacial score (nSPS) is 15.7. The number of nitrogens with one attached hydrogen (secondary N) is 1. The molecule has 110 valence electrons. The number of ether oxygens (including phenoxy) is 1. The van der Waals surface area contributed by atoms with Crippen LogP contribution in [0.2, 0.25) is 0 Å². The van der Waals surface area contributed by atoms with Gasteiger partial charge in [0, 0.05) is 12.6 Å². The first kappa shape index (κ1) is 14.9. The largest absolute Gasteiger partial charge is 0.495 e. The number of amides is 1. The summed E-state index contributed by atoms with van der Waals surface area (Å²) in [5.74, 6) is 0.912. The molecule has 0 radical (unpaired) electrons. The van der Waals surface area contributed by atoms with Gasteiger partial charge < -0.3 is 15.0 Å². The number of methoxy groups -OCH3 is 1. The first-order chi connectivity index (χ1) is 9.67. The van der Waals surface area contributed by atoms with E-state index in [0.29, 0.717) is 12.6 Å². The Bertz CT molecular complexity index is 459. The SMILES string of the molecule is CCC(C)NCC(=O)N1CCCc2cccc(OC)c21. The quantitative estimate of drug-likeness (QED) is 0.897. The van der Waals surface area contributed by atoms with Crippen LogP contribution >= 0.6 is 0 Å². The third-order valence-electron chi connectivity index (χ3n) is 3.92. The number of fused-ring (bicyclic) bond motifs is 1. The summed E-state index contributed by atoms with van der Waals surface area (Å²) < 4.78 is 5.43. The number of hydrogen-bond donors (Lipinski definition) is 1. The van der Waals surface area contributed by atoms with E-state index in [1.807, 2.05) is 17.0 Å². The van der Waals surface area contributed by atoms with Crippen LogP contribution in [0.1, 0.15) is 32.3 Å². The molecule has 0 saturated heterocycles. The van der Waals surface area contributed by atoms with Crippen LogP contribution in [0.15, 0.2) is 18.2 Å². The van der Waals surface area contributed by atoms with Crippen molar-refractivity contribution in [2.45, 2.75) is 39.2 Å². The second-order valence-electron chi connectivity index (χ2n) is 5.31. The predicted octanol–water partition coefficient (Wildman–Crippen LogP) is 2.36. The van der Waals surface area contributed by atoms with Gasteiger partial charge in [-0.25, -0.2) is 0 Å². The van der Waals surface area contributed by atoms with Crippen molar-refractivity contribution in [2.75, 3.05) is 25.1 Å². The van der Waals surface area contributed by atoms with Crippen molar-refractivity contribution in [3.63, 3.8) is 0 Å². The molecule has 0 aliphatic carbocycles. The zero-order chi connectivity index (χ0) is 14.5. The fourth-order valence-electron chi connectivity index (χ4n) is 2.53. The van der Waals surface area contributed by atoms with E-state index in [1.54, 1.807) is 7.11 Å². The summed E-state index contributed by atoms with van der Waals surface area (Å²) in [6, 6.07) is 6.36. The zero-order valence-electron chi connectivity index (χ0n) is 12.6. The van der Waals surface area contributed by atoms with Gasteiger partial charge in [0.25, 0.3) is 0 Å². The molecule has 2 rings (SSSR count). The molecular formula is C16H24N2O2. The molecule has 20 heavy (non-hydrogen) atoms. The summed E-state index contributed by atoms with van der Waals surface area (Å²) >= 11 is 0. The molecule has 1 heterocycles.